The van der Waals surface area contributed by atoms with Crippen molar-refractivity contribution < 1.29 is 4.79 Å². The number of aromatic nitrogens is 2. The molecule has 1 saturated heterocycles. The molecule has 7 heteroatoms. The SMILES string of the molecule is Cc1ccnn1CCC(=O)N1CCN(Cc2c(Cl)cccc2Cl)CC1. The molecule has 0 radical (unpaired) electrons. The number of rotatable bonds is 5. The van der Waals surface area contributed by atoms with Gasteiger partial charge in [-0.25, -0.2) is 0 Å². The van der Waals surface area contributed by atoms with Crippen molar-refractivity contribution in [2.75, 3.05) is 26.2 Å². The zero-order valence-electron chi connectivity index (χ0n) is 14.3. The lowest BCUT2D eigenvalue weighted by Gasteiger charge is -2.35. The molecule has 25 heavy (non-hydrogen) atoms. The van der Waals surface area contributed by atoms with E-state index in [1.807, 2.05) is 40.8 Å². The van der Waals surface area contributed by atoms with Crippen molar-refractivity contribution in [3.05, 3.63) is 51.8 Å². The molecule has 0 bridgehead atoms. The minimum absolute atomic E-state index is 0.185. The number of amides is 1. The molecule has 0 spiro atoms. The number of hydrogen-bond donors (Lipinski definition) is 0. The summed E-state index contributed by atoms with van der Waals surface area (Å²) < 4.78 is 1.87. The molecule has 1 fully saturated rings. The van der Waals surface area contributed by atoms with Crippen LogP contribution < -0.4 is 0 Å². The van der Waals surface area contributed by atoms with Crippen LogP contribution in [0, 0.1) is 6.92 Å². The smallest absolute Gasteiger partial charge is 0.224 e. The lowest BCUT2D eigenvalue weighted by atomic mass is 10.2. The highest BCUT2D eigenvalue weighted by Crippen LogP contribution is 2.26. The molecular weight excluding hydrogens is 359 g/mol. The summed E-state index contributed by atoms with van der Waals surface area (Å²) in [4.78, 5) is 16.6. The molecule has 0 atom stereocenters. The fourth-order valence-corrected chi connectivity index (χ4v) is 3.57. The fourth-order valence-electron chi connectivity index (χ4n) is 3.05. The third-order valence-corrected chi connectivity index (χ3v) is 5.34. The minimum Gasteiger partial charge on any atom is -0.340 e. The third kappa shape index (κ3) is 4.54. The summed E-state index contributed by atoms with van der Waals surface area (Å²) in [5.41, 5.74) is 2.04. The van der Waals surface area contributed by atoms with Crippen molar-refractivity contribution in [2.24, 2.45) is 0 Å². The Morgan fingerprint density at radius 3 is 2.40 bits per heavy atom. The van der Waals surface area contributed by atoms with Crippen LogP contribution in [0.25, 0.3) is 0 Å². The van der Waals surface area contributed by atoms with Crippen LogP contribution in [0.2, 0.25) is 10.0 Å². The molecular formula is C18H22Cl2N4O. The molecule has 1 aliphatic heterocycles. The van der Waals surface area contributed by atoms with Gasteiger partial charge in [-0.2, -0.15) is 5.10 Å². The second-order valence-corrected chi connectivity index (χ2v) is 7.12. The van der Waals surface area contributed by atoms with Crippen molar-refractivity contribution >= 4 is 29.1 Å². The Morgan fingerprint density at radius 2 is 1.80 bits per heavy atom. The Morgan fingerprint density at radius 1 is 1.12 bits per heavy atom. The second kappa shape index (κ2) is 8.21. The molecule has 2 aromatic rings. The van der Waals surface area contributed by atoms with E-state index in [0.29, 0.717) is 29.6 Å². The summed E-state index contributed by atoms with van der Waals surface area (Å²) in [5.74, 6) is 0.185. The Balaban J connectivity index is 1.48. The van der Waals surface area contributed by atoms with Crippen LogP contribution in [0.1, 0.15) is 17.7 Å². The van der Waals surface area contributed by atoms with Gasteiger partial charge in [0.25, 0.3) is 0 Å². The zero-order chi connectivity index (χ0) is 17.8. The quantitative estimate of drug-likeness (QED) is 0.799. The molecule has 0 saturated carbocycles. The summed E-state index contributed by atoms with van der Waals surface area (Å²) in [6.07, 6.45) is 2.25. The zero-order valence-corrected chi connectivity index (χ0v) is 15.8. The number of aryl methyl sites for hydroxylation is 2. The first-order valence-corrected chi connectivity index (χ1v) is 9.21. The van der Waals surface area contributed by atoms with Gasteiger partial charge in [-0.05, 0) is 25.1 Å². The van der Waals surface area contributed by atoms with Gasteiger partial charge in [0, 0.05) is 73.2 Å². The first kappa shape index (κ1) is 18.2. The van der Waals surface area contributed by atoms with Crippen LogP contribution in [0.15, 0.2) is 30.5 Å². The molecule has 0 N–H and O–H groups in total. The highest BCUT2D eigenvalue weighted by Gasteiger charge is 2.22. The molecule has 1 aliphatic rings. The molecule has 5 nitrogen and oxygen atoms in total. The van der Waals surface area contributed by atoms with E-state index in [0.717, 1.165) is 37.4 Å². The highest BCUT2D eigenvalue weighted by molar-refractivity contribution is 6.35. The average molecular weight is 381 g/mol. The highest BCUT2D eigenvalue weighted by atomic mass is 35.5. The topological polar surface area (TPSA) is 41.4 Å². The average Bonchev–Trinajstić information content (AvgIpc) is 3.02. The molecule has 1 amide bonds. The van der Waals surface area contributed by atoms with Gasteiger partial charge in [0.05, 0.1) is 0 Å². The largest absolute Gasteiger partial charge is 0.340 e. The predicted molar refractivity (Wildman–Crippen MR) is 99.9 cm³/mol. The van der Waals surface area contributed by atoms with E-state index >= 15 is 0 Å². The summed E-state index contributed by atoms with van der Waals surface area (Å²) >= 11 is 12.5. The number of nitrogens with zero attached hydrogens (tertiary/aromatic N) is 4. The van der Waals surface area contributed by atoms with Crippen LogP contribution in [0.3, 0.4) is 0 Å². The maximum atomic E-state index is 12.4. The van der Waals surface area contributed by atoms with E-state index in [4.69, 9.17) is 23.2 Å². The maximum Gasteiger partial charge on any atom is 0.224 e. The van der Waals surface area contributed by atoms with Gasteiger partial charge in [0.1, 0.15) is 0 Å². The monoisotopic (exact) mass is 380 g/mol. The second-order valence-electron chi connectivity index (χ2n) is 6.30. The van der Waals surface area contributed by atoms with Gasteiger partial charge in [-0.3, -0.25) is 14.4 Å². The van der Waals surface area contributed by atoms with E-state index in [1.165, 1.54) is 0 Å². The lowest BCUT2D eigenvalue weighted by Crippen LogP contribution is -2.48. The number of benzene rings is 1. The molecule has 0 unspecified atom stereocenters. The maximum absolute atomic E-state index is 12.4. The van der Waals surface area contributed by atoms with E-state index in [-0.39, 0.29) is 5.91 Å². The standard InChI is InChI=1S/C18H22Cl2N4O/c1-14-5-7-21-24(14)8-6-18(25)23-11-9-22(10-12-23)13-15-16(19)3-2-4-17(15)20/h2-5,7H,6,8-13H2,1H3. The fraction of sp³-hybridized carbons (Fsp3) is 0.444. The minimum atomic E-state index is 0.185. The molecule has 1 aromatic carbocycles. The summed E-state index contributed by atoms with van der Waals surface area (Å²) in [6, 6.07) is 7.52. The number of hydrogen-bond acceptors (Lipinski definition) is 3. The van der Waals surface area contributed by atoms with Crippen LogP contribution in [-0.2, 0) is 17.9 Å². The van der Waals surface area contributed by atoms with Crippen molar-refractivity contribution in [2.45, 2.75) is 26.4 Å². The van der Waals surface area contributed by atoms with Gasteiger partial charge in [0.15, 0.2) is 0 Å². The molecule has 3 rings (SSSR count). The van der Waals surface area contributed by atoms with Gasteiger partial charge < -0.3 is 4.90 Å². The molecule has 2 heterocycles. The Labute approximate surface area is 158 Å². The molecule has 134 valence electrons. The normalized spacial score (nSPS) is 15.6. The van der Waals surface area contributed by atoms with Crippen molar-refractivity contribution in [1.82, 2.24) is 19.6 Å². The van der Waals surface area contributed by atoms with Crippen molar-refractivity contribution in [3.63, 3.8) is 0 Å². The van der Waals surface area contributed by atoms with E-state index in [1.54, 1.807) is 6.20 Å². The van der Waals surface area contributed by atoms with Crippen LogP contribution in [0.5, 0.6) is 0 Å². The lowest BCUT2D eigenvalue weighted by molar-refractivity contribution is -0.133. The van der Waals surface area contributed by atoms with E-state index in [2.05, 4.69) is 10.00 Å². The number of carbonyl (C=O) groups is 1. The van der Waals surface area contributed by atoms with Crippen LogP contribution >= 0.6 is 23.2 Å². The van der Waals surface area contributed by atoms with E-state index in [9.17, 15) is 4.79 Å². The Kier molecular flexibility index (Phi) is 5.99. The summed E-state index contributed by atoms with van der Waals surface area (Å²) in [7, 11) is 0. The van der Waals surface area contributed by atoms with E-state index < -0.39 is 0 Å². The molecule has 0 aliphatic carbocycles. The van der Waals surface area contributed by atoms with Crippen LogP contribution in [0.4, 0.5) is 0 Å². The number of piperazine rings is 1. The molecule has 1 aromatic heterocycles. The number of carbonyl (C=O) groups excluding carboxylic acids is 1. The third-order valence-electron chi connectivity index (χ3n) is 4.63. The summed E-state index contributed by atoms with van der Waals surface area (Å²) in [5, 5.41) is 5.61. The van der Waals surface area contributed by atoms with Gasteiger partial charge >= 0.3 is 0 Å². The first-order chi connectivity index (χ1) is 12.0. The number of halogens is 2. The van der Waals surface area contributed by atoms with Gasteiger partial charge in [-0.15, -0.1) is 0 Å². The Bertz CT molecular complexity index is 718. The van der Waals surface area contributed by atoms with Crippen molar-refractivity contribution in [1.29, 1.82) is 0 Å². The van der Waals surface area contributed by atoms with Crippen LogP contribution in [-0.4, -0.2) is 51.7 Å². The van der Waals surface area contributed by atoms with Crippen molar-refractivity contribution in [3.8, 4) is 0 Å². The predicted octanol–water partition coefficient (Wildman–Crippen LogP) is 3.23. The first-order valence-electron chi connectivity index (χ1n) is 8.46. The van der Waals surface area contributed by atoms with Gasteiger partial charge in [0.2, 0.25) is 5.91 Å². The Hall–Kier alpha value is -1.56. The van der Waals surface area contributed by atoms with Gasteiger partial charge in [-0.1, -0.05) is 29.3 Å². The summed E-state index contributed by atoms with van der Waals surface area (Å²) in [6.45, 7) is 6.47.